The van der Waals surface area contributed by atoms with Crippen molar-refractivity contribution in [1.82, 2.24) is 15.6 Å². The van der Waals surface area contributed by atoms with Gasteiger partial charge in [0.1, 0.15) is 6.61 Å². The van der Waals surface area contributed by atoms with Crippen LogP contribution in [0.4, 0.5) is 5.82 Å². The number of hydrogen-bond acceptors (Lipinski definition) is 5. The second-order valence-corrected chi connectivity index (χ2v) is 6.15. The number of hydrogen-bond donors (Lipinski definition) is 3. The van der Waals surface area contributed by atoms with Gasteiger partial charge in [-0.1, -0.05) is 29.3 Å². The number of carbonyl (C=O) groups excluding carboxylic acids is 2. The van der Waals surface area contributed by atoms with E-state index in [9.17, 15) is 9.59 Å². The Balaban J connectivity index is 2.02. The number of rotatable bonds is 7. The van der Waals surface area contributed by atoms with E-state index < -0.39 is 0 Å². The first-order valence-corrected chi connectivity index (χ1v) is 8.48. The molecule has 2 amide bonds. The highest BCUT2D eigenvalue weighted by Crippen LogP contribution is 2.27. The number of halogens is 2. The van der Waals surface area contributed by atoms with E-state index in [0.717, 1.165) is 0 Å². The number of ether oxygens (including phenoxy) is 1. The highest BCUT2D eigenvalue weighted by molar-refractivity contribution is 6.35. The molecule has 7 nitrogen and oxygen atoms in total. The fourth-order valence-electron chi connectivity index (χ4n) is 2.03. The highest BCUT2D eigenvalue weighted by atomic mass is 35.5. The highest BCUT2D eigenvalue weighted by Gasteiger charge is 2.12. The monoisotopic (exact) mass is 396 g/mol. The summed E-state index contributed by atoms with van der Waals surface area (Å²) in [5.74, 6) is -0.135. The van der Waals surface area contributed by atoms with Crippen molar-refractivity contribution in [2.24, 2.45) is 0 Å². The molecule has 0 radical (unpaired) electrons. The summed E-state index contributed by atoms with van der Waals surface area (Å²) in [4.78, 5) is 26.9. The summed E-state index contributed by atoms with van der Waals surface area (Å²) in [5, 5.41) is 6.18. The number of aromatic nitrogens is 1. The molecule has 0 aliphatic rings. The molecule has 138 valence electrons. The topological polar surface area (TPSA) is 106 Å². The van der Waals surface area contributed by atoms with Crippen molar-refractivity contribution in [3.63, 3.8) is 0 Å². The lowest BCUT2D eigenvalue weighted by Gasteiger charge is -2.12. The number of nitrogen functional groups attached to an aromatic ring is 1. The van der Waals surface area contributed by atoms with E-state index in [1.165, 1.54) is 19.2 Å². The molecule has 0 atom stereocenters. The maximum Gasteiger partial charge on any atom is 0.253 e. The second-order valence-electron chi connectivity index (χ2n) is 5.34. The van der Waals surface area contributed by atoms with Crippen LogP contribution < -0.4 is 21.1 Å². The van der Waals surface area contributed by atoms with Gasteiger partial charge in [-0.25, -0.2) is 4.98 Å². The lowest BCUT2D eigenvalue weighted by molar-refractivity contribution is -0.118. The molecule has 4 N–H and O–H groups in total. The molecular weight excluding hydrogens is 379 g/mol. The van der Waals surface area contributed by atoms with Gasteiger partial charge >= 0.3 is 0 Å². The lowest BCUT2D eigenvalue weighted by Crippen LogP contribution is -2.33. The van der Waals surface area contributed by atoms with Gasteiger partial charge in [-0.05, 0) is 18.2 Å². The molecule has 1 heterocycles. The van der Waals surface area contributed by atoms with E-state index in [1.54, 1.807) is 18.2 Å². The van der Waals surface area contributed by atoms with Gasteiger partial charge in [0, 0.05) is 41.8 Å². The molecule has 0 bridgehead atoms. The van der Waals surface area contributed by atoms with Crippen LogP contribution in [0.25, 0.3) is 0 Å². The van der Waals surface area contributed by atoms with Crippen molar-refractivity contribution >= 4 is 40.8 Å². The molecule has 0 spiro atoms. The van der Waals surface area contributed by atoms with Crippen LogP contribution in [0.3, 0.4) is 0 Å². The first kappa shape index (κ1) is 19.8. The molecule has 26 heavy (non-hydrogen) atoms. The number of carbonyl (C=O) groups is 2. The van der Waals surface area contributed by atoms with Gasteiger partial charge in [0.25, 0.3) is 5.91 Å². The number of benzene rings is 1. The Bertz CT molecular complexity index is 794. The summed E-state index contributed by atoms with van der Waals surface area (Å²) in [6.07, 6.45) is 1.35. The van der Waals surface area contributed by atoms with Crippen molar-refractivity contribution in [3.8, 4) is 5.75 Å². The molecule has 2 aromatic rings. The summed E-state index contributed by atoms with van der Waals surface area (Å²) < 4.78 is 5.64. The van der Waals surface area contributed by atoms with Crippen LogP contribution in [0.2, 0.25) is 10.0 Å². The van der Waals surface area contributed by atoms with Crippen LogP contribution in [-0.4, -0.2) is 29.9 Å². The van der Waals surface area contributed by atoms with Gasteiger partial charge in [0.2, 0.25) is 5.91 Å². The van der Waals surface area contributed by atoms with Crippen LogP contribution in [0.5, 0.6) is 5.75 Å². The van der Waals surface area contributed by atoms with Crippen LogP contribution in [-0.2, 0) is 11.4 Å². The Morgan fingerprint density at radius 1 is 1.19 bits per heavy atom. The van der Waals surface area contributed by atoms with Gasteiger partial charge in [-0.3, -0.25) is 9.59 Å². The number of nitrogens with one attached hydrogen (secondary N) is 2. The lowest BCUT2D eigenvalue weighted by atomic mass is 10.2. The Kier molecular flexibility index (Phi) is 7.06. The van der Waals surface area contributed by atoms with E-state index in [2.05, 4.69) is 15.6 Å². The molecule has 0 aliphatic heterocycles. The number of pyridine rings is 1. The Labute approximate surface area is 160 Å². The Morgan fingerprint density at radius 3 is 2.50 bits per heavy atom. The smallest absolute Gasteiger partial charge is 0.253 e. The third kappa shape index (κ3) is 5.50. The fraction of sp³-hybridized carbons (Fsp3) is 0.235. The second kappa shape index (κ2) is 9.26. The zero-order chi connectivity index (χ0) is 19.1. The van der Waals surface area contributed by atoms with Gasteiger partial charge in [-0.15, -0.1) is 0 Å². The standard InChI is InChI=1S/C17H18Cl2N4O3/c1-10(24)21-5-6-22-17(25)11-7-15(16(20)23-8-11)26-9-12-13(18)3-2-4-14(12)19/h2-4,7-8H,5-6,9H2,1H3,(H2,20,23)(H,21,24)(H,22,25). The van der Waals surface area contributed by atoms with Gasteiger partial charge in [0.05, 0.1) is 5.56 Å². The average Bonchev–Trinajstić information content (AvgIpc) is 2.59. The zero-order valence-electron chi connectivity index (χ0n) is 14.0. The van der Waals surface area contributed by atoms with Crippen molar-refractivity contribution in [2.45, 2.75) is 13.5 Å². The normalized spacial score (nSPS) is 10.3. The molecular formula is C17H18Cl2N4O3. The zero-order valence-corrected chi connectivity index (χ0v) is 15.5. The predicted octanol–water partition coefficient (Wildman–Crippen LogP) is 2.42. The maximum absolute atomic E-state index is 12.1. The molecule has 1 aromatic carbocycles. The minimum Gasteiger partial charge on any atom is -0.485 e. The van der Waals surface area contributed by atoms with Crippen molar-refractivity contribution in [2.75, 3.05) is 18.8 Å². The van der Waals surface area contributed by atoms with Gasteiger partial charge < -0.3 is 21.1 Å². The Morgan fingerprint density at radius 2 is 1.85 bits per heavy atom. The molecule has 0 aliphatic carbocycles. The molecule has 9 heteroatoms. The molecule has 2 rings (SSSR count). The molecule has 0 unspecified atom stereocenters. The van der Waals surface area contributed by atoms with E-state index in [1.807, 2.05) is 0 Å². The number of amides is 2. The average molecular weight is 397 g/mol. The van der Waals surface area contributed by atoms with Crippen LogP contribution in [0.15, 0.2) is 30.5 Å². The fourth-order valence-corrected chi connectivity index (χ4v) is 2.54. The van der Waals surface area contributed by atoms with Gasteiger partial charge in [-0.2, -0.15) is 0 Å². The predicted molar refractivity (Wildman–Crippen MR) is 100 cm³/mol. The number of anilines is 1. The molecule has 0 saturated carbocycles. The van der Waals surface area contributed by atoms with E-state index >= 15 is 0 Å². The molecule has 0 fully saturated rings. The quantitative estimate of drug-likeness (QED) is 0.623. The summed E-state index contributed by atoms with van der Waals surface area (Å²) in [5.41, 5.74) is 6.69. The summed E-state index contributed by atoms with van der Waals surface area (Å²) in [6.45, 7) is 2.10. The molecule has 0 saturated heterocycles. The van der Waals surface area contributed by atoms with Crippen molar-refractivity contribution in [3.05, 3.63) is 51.6 Å². The number of nitrogens with two attached hydrogens (primary N) is 1. The largest absolute Gasteiger partial charge is 0.485 e. The molecule has 1 aromatic heterocycles. The van der Waals surface area contributed by atoms with Crippen LogP contribution >= 0.6 is 23.2 Å². The van der Waals surface area contributed by atoms with Crippen molar-refractivity contribution in [1.29, 1.82) is 0 Å². The maximum atomic E-state index is 12.1. The van der Waals surface area contributed by atoms with Crippen LogP contribution in [0.1, 0.15) is 22.8 Å². The third-order valence-electron chi connectivity index (χ3n) is 3.36. The van der Waals surface area contributed by atoms with Gasteiger partial charge in [0.15, 0.2) is 11.6 Å². The minimum atomic E-state index is -0.358. The Hall–Kier alpha value is -2.51. The van der Waals surface area contributed by atoms with E-state index in [4.69, 9.17) is 33.7 Å². The van der Waals surface area contributed by atoms with Crippen molar-refractivity contribution < 1.29 is 14.3 Å². The SMILES string of the molecule is CC(=O)NCCNC(=O)c1cnc(N)c(OCc2c(Cl)cccc2Cl)c1. The minimum absolute atomic E-state index is 0.0813. The first-order valence-electron chi connectivity index (χ1n) is 7.72. The van der Waals surface area contributed by atoms with E-state index in [-0.39, 0.29) is 42.1 Å². The summed E-state index contributed by atoms with van der Waals surface area (Å²) in [6, 6.07) is 6.62. The number of nitrogens with zero attached hydrogens (tertiary/aromatic N) is 1. The summed E-state index contributed by atoms with van der Waals surface area (Å²) in [7, 11) is 0. The first-order chi connectivity index (χ1) is 12.4. The van der Waals surface area contributed by atoms with E-state index in [0.29, 0.717) is 22.2 Å². The van der Waals surface area contributed by atoms with Crippen LogP contribution in [0, 0.1) is 0 Å². The summed E-state index contributed by atoms with van der Waals surface area (Å²) >= 11 is 12.2. The third-order valence-corrected chi connectivity index (χ3v) is 4.07.